The summed E-state index contributed by atoms with van der Waals surface area (Å²) >= 11 is 1.55. The van der Waals surface area contributed by atoms with Gasteiger partial charge in [0.15, 0.2) is 40.0 Å². The van der Waals surface area contributed by atoms with E-state index >= 15 is 4.79 Å². The van der Waals surface area contributed by atoms with E-state index in [0.29, 0.717) is 65.7 Å². The fourth-order valence-electron chi connectivity index (χ4n) is 11.2. The second-order valence-corrected chi connectivity index (χ2v) is 17.2. The van der Waals surface area contributed by atoms with Gasteiger partial charge in [-0.25, -0.2) is 4.79 Å². The van der Waals surface area contributed by atoms with Crippen LogP contribution in [0, 0.1) is 25.2 Å². The maximum Gasteiger partial charge on any atom is 0.332 e. The van der Waals surface area contributed by atoms with Crippen molar-refractivity contribution in [2.75, 3.05) is 47.5 Å². The van der Waals surface area contributed by atoms with E-state index in [1.165, 1.54) is 14.0 Å². The van der Waals surface area contributed by atoms with Crippen LogP contribution in [0.5, 0.6) is 40.2 Å². The second-order valence-electron chi connectivity index (χ2n) is 16.1. The summed E-state index contributed by atoms with van der Waals surface area (Å²) in [5.74, 6) is 2.16. The number of piperazine rings is 1. The number of thioether (sulfide) groups is 1. The minimum atomic E-state index is -1.33. The molecule has 1 saturated carbocycles. The van der Waals surface area contributed by atoms with Gasteiger partial charge in [-0.1, -0.05) is 6.07 Å². The van der Waals surface area contributed by atoms with Crippen LogP contribution in [0.25, 0.3) is 0 Å². The third kappa shape index (κ3) is 4.64. The Morgan fingerprint density at radius 1 is 1.05 bits per heavy atom. The van der Waals surface area contributed by atoms with Gasteiger partial charge in [-0.2, -0.15) is 5.26 Å². The quantitative estimate of drug-likeness (QED) is 0.285. The highest BCUT2D eigenvalue weighted by Gasteiger charge is 2.75. The Labute approximate surface area is 334 Å². The Hall–Kier alpha value is -4.88. The maximum atomic E-state index is 15.0. The number of carbonyl (C=O) groups excluding carboxylic acids is 2. The number of benzene rings is 3. The average Bonchev–Trinajstić information content (AvgIpc) is 3.64. The zero-order valence-corrected chi connectivity index (χ0v) is 33.6. The van der Waals surface area contributed by atoms with Crippen LogP contribution >= 0.6 is 11.8 Å². The fraction of sp³-hybridized carbons (Fsp3) is 0.500. The molecule has 7 aliphatic heterocycles. The van der Waals surface area contributed by atoms with Crippen molar-refractivity contribution in [3.8, 4) is 46.3 Å². The van der Waals surface area contributed by atoms with E-state index < -0.39 is 46.5 Å². The monoisotopic (exact) mass is 796 g/mol. The third-order valence-corrected chi connectivity index (χ3v) is 15.0. The largest absolute Gasteiger partial charge is 0.504 e. The summed E-state index contributed by atoms with van der Waals surface area (Å²) < 4.78 is 43.3. The molecule has 0 radical (unpaired) electrons. The summed E-state index contributed by atoms with van der Waals surface area (Å²) in [6, 6.07) is 6.64. The van der Waals surface area contributed by atoms with Gasteiger partial charge in [-0.15, -0.1) is 11.8 Å². The number of phenols is 1. The Balaban J connectivity index is 1.28. The number of nitriles is 1. The van der Waals surface area contributed by atoms with Crippen LogP contribution in [0.3, 0.4) is 0 Å². The first-order chi connectivity index (χ1) is 27.4. The van der Waals surface area contributed by atoms with Crippen molar-refractivity contribution in [2.24, 2.45) is 0 Å². The van der Waals surface area contributed by atoms with Crippen LogP contribution in [0.4, 0.5) is 0 Å². The lowest BCUT2D eigenvalue weighted by atomic mass is 9.70. The molecule has 57 heavy (non-hydrogen) atoms. The van der Waals surface area contributed by atoms with Crippen LogP contribution in [0.2, 0.25) is 0 Å². The number of phenolic OH excluding ortho intramolecular Hbond substituents is 1. The lowest BCUT2D eigenvalue weighted by Crippen LogP contribution is -2.71. The Morgan fingerprint density at radius 3 is 2.54 bits per heavy atom. The van der Waals surface area contributed by atoms with Crippen LogP contribution in [0.15, 0.2) is 18.2 Å². The molecule has 14 nitrogen and oxygen atoms in total. The number of nitrogens with one attached hydrogen (secondary N) is 1. The number of fused-ring (bicyclic) bond motifs is 8. The van der Waals surface area contributed by atoms with Gasteiger partial charge in [0.25, 0.3) is 0 Å². The molecule has 2 spiro atoms. The van der Waals surface area contributed by atoms with Crippen molar-refractivity contribution in [2.45, 2.75) is 86.6 Å². The molecule has 2 N–H and O–H groups in total. The predicted octanol–water partition coefficient (Wildman–Crippen LogP) is 4.22. The van der Waals surface area contributed by atoms with E-state index in [1.54, 1.807) is 38.1 Å². The molecule has 4 bridgehead atoms. The fourth-order valence-corrected chi connectivity index (χ4v) is 12.8. The molecule has 15 heteroatoms. The van der Waals surface area contributed by atoms with Crippen molar-refractivity contribution in [3.05, 3.63) is 62.7 Å². The van der Waals surface area contributed by atoms with Crippen LogP contribution in [0.1, 0.15) is 69.1 Å². The molecule has 0 aromatic heterocycles. The summed E-state index contributed by atoms with van der Waals surface area (Å²) in [6.45, 7) is 5.69. The number of methoxy groups -OCH3 is 3. The summed E-state index contributed by atoms with van der Waals surface area (Å²) in [6.07, 6.45) is 0.813. The number of nitrogens with zero attached hydrogens (tertiary/aromatic N) is 3. The van der Waals surface area contributed by atoms with Gasteiger partial charge in [-0.3, -0.25) is 19.9 Å². The molecule has 1 aliphatic carbocycles. The highest BCUT2D eigenvalue weighted by atomic mass is 32.2. The highest BCUT2D eigenvalue weighted by Crippen LogP contribution is 2.72. The van der Waals surface area contributed by atoms with Crippen LogP contribution < -0.4 is 33.7 Å². The SMILES string of the molecule is COc1cc2c(cc1O)CCN[C@]21CS[C@@H]2c3c(OC(C)=O)c(C)c4c(c3C3(C[C@H]3OC1=O)N1C2[C@H]2c3c(cc(C)c(OC)c3OC)C[C@@H]([C@@H]1C#N)N2C)OCO4. The van der Waals surface area contributed by atoms with Crippen LogP contribution in [-0.4, -0.2) is 98.5 Å². The van der Waals surface area contributed by atoms with Gasteiger partial charge in [-0.05, 0) is 68.1 Å². The van der Waals surface area contributed by atoms with Crippen molar-refractivity contribution in [3.63, 3.8) is 0 Å². The van der Waals surface area contributed by atoms with Crippen LogP contribution in [-0.2, 0) is 38.2 Å². The van der Waals surface area contributed by atoms with E-state index in [2.05, 4.69) is 34.3 Å². The van der Waals surface area contributed by atoms with Gasteiger partial charge in [0, 0.05) is 60.0 Å². The molecule has 7 heterocycles. The molecule has 298 valence electrons. The minimum absolute atomic E-state index is 0.00514. The zero-order valence-electron chi connectivity index (χ0n) is 32.8. The molecular weight excluding hydrogens is 753 g/mol. The Morgan fingerprint density at radius 2 is 1.82 bits per heavy atom. The first-order valence-electron chi connectivity index (χ1n) is 19.2. The van der Waals surface area contributed by atoms with Gasteiger partial charge in [0.1, 0.15) is 17.9 Å². The number of aromatic hydroxyl groups is 1. The number of hydrogen-bond acceptors (Lipinski definition) is 15. The molecule has 2 saturated heterocycles. The number of ether oxygens (including phenoxy) is 7. The van der Waals surface area contributed by atoms with E-state index in [1.807, 2.05) is 13.8 Å². The standard InChI is InChI=1S/C42H44N4O10S/c1-18-10-22-11-24-25(15-43)46-33(32(45(24)4)29(22)37(52-7)34(18)51-6)39-30-31(38-36(53-17-54-38)19(2)35(30)55-20(3)47)42(46)14-28(42)56-40(49)41(16-57-39)23-13-27(50-5)26(48)12-21(23)8-9-44-41/h10,12-13,24-25,28,32-33,39,44,48H,8-9,11,14,16-17H2,1-7H3/t24-,25-,28+,32+,33?,39+,41+,42?/m0/s1. The lowest BCUT2D eigenvalue weighted by Gasteiger charge is -2.62. The zero-order chi connectivity index (χ0) is 39.9. The Kier molecular flexibility index (Phi) is 8.03. The lowest BCUT2D eigenvalue weighted by molar-refractivity contribution is -0.158. The smallest absolute Gasteiger partial charge is 0.332 e. The average molecular weight is 797 g/mol. The minimum Gasteiger partial charge on any atom is -0.504 e. The van der Waals surface area contributed by atoms with Gasteiger partial charge in [0.05, 0.1) is 44.2 Å². The topological polar surface area (TPSA) is 161 Å². The number of hydrogen-bond donors (Lipinski definition) is 2. The van der Waals surface area contributed by atoms with Gasteiger partial charge in [0.2, 0.25) is 6.79 Å². The molecular formula is C42H44N4O10S. The van der Waals surface area contributed by atoms with Crippen molar-refractivity contribution in [1.29, 1.82) is 5.26 Å². The first-order valence-corrected chi connectivity index (χ1v) is 20.3. The van der Waals surface area contributed by atoms with Crippen molar-refractivity contribution < 1.29 is 47.9 Å². The molecule has 8 atom stereocenters. The number of aryl methyl sites for hydroxylation is 1. The van der Waals surface area contributed by atoms with E-state index in [0.717, 1.165) is 33.4 Å². The third-order valence-electron chi connectivity index (χ3n) is 13.5. The molecule has 3 aromatic carbocycles. The van der Waals surface area contributed by atoms with E-state index in [9.17, 15) is 15.2 Å². The van der Waals surface area contributed by atoms with Gasteiger partial charge < -0.3 is 38.3 Å². The summed E-state index contributed by atoms with van der Waals surface area (Å²) in [5, 5.41) is 25.2. The Bertz CT molecular complexity index is 2350. The number of esters is 2. The summed E-state index contributed by atoms with van der Waals surface area (Å²) in [4.78, 5) is 32.7. The predicted molar refractivity (Wildman–Crippen MR) is 205 cm³/mol. The second kappa shape index (κ2) is 12.6. The number of likely N-dealkylation sites (N-methyl/N-ethyl adjacent to an activating group) is 1. The van der Waals surface area contributed by atoms with Crippen molar-refractivity contribution in [1.82, 2.24) is 15.1 Å². The van der Waals surface area contributed by atoms with Crippen molar-refractivity contribution >= 4 is 23.7 Å². The van der Waals surface area contributed by atoms with Gasteiger partial charge >= 0.3 is 11.9 Å². The molecule has 0 amide bonds. The molecule has 11 rings (SSSR count). The number of rotatable bonds is 4. The maximum absolute atomic E-state index is 15.0. The molecule has 8 aliphatic rings. The van der Waals surface area contributed by atoms with E-state index in [-0.39, 0.29) is 36.1 Å². The number of carbonyl (C=O) groups is 2. The highest BCUT2D eigenvalue weighted by molar-refractivity contribution is 7.99. The normalized spacial score (nSPS) is 31.4. The first kappa shape index (κ1) is 36.5. The molecule has 2 unspecified atom stereocenters. The van der Waals surface area contributed by atoms with E-state index in [4.69, 9.17) is 33.2 Å². The summed E-state index contributed by atoms with van der Waals surface area (Å²) in [7, 11) is 6.86. The summed E-state index contributed by atoms with van der Waals surface area (Å²) in [5.41, 5.74) is 4.24. The molecule has 3 aromatic rings. The molecule has 3 fully saturated rings.